The van der Waals surface area contributed by atoms with Crippen LogP contribution in [-0.2, 0) is 64.9 Å². The molecule has 2 aliphatic rings. The molecule has 4 aromatic heterocycles. The van der Waals surface area contributed by atoms with Gasteiger partial charge in [-0.3, -0.25) is 22.3 Å². The quantitative estimate of drug-likeness (QED) is 0.0417. The normalized spacial score (nSPS) is 31.2. The van der Waals surface area contributed by atoms with E-state index in [9.17, 15) is 48.8 Å². The van der Waals surface area contributed by atoms with Gasteiger partial charge >= 0.3 is 0 Å². The Morgan fingerprint density at radius 3 is 1.67 bits per heavy atom. The number of aliphatic hydroxyl groups excluding tert-OH is 4. The van der Waals surface area contributed by atoms with Gasteiger partial charge in [-0.25, -0.2) is 29.9 Å². The molecule has 54 heavy (non-hydrogen) atoms. The number of hydrogen-bond acceptors (Lipinski definition) is 26. The molecular formula is C21H25ClN10O16P4S2-4. The third-order valence-electron chi connectivity index (χ3n) is 7.74. The maximum absolute atomic E-state index is 12.8. The number of imidazole rings is 2. The zero-order valence-electron chi connectivity index (χ0n) is 26.3. The van der Waals surface area contributed by atoms with Crippen molar-refractivity contribution in [2.45, 2.75) is 53.9 Å². The first-order valence-electron chi connectivity index (χ1n) is 14.6. The average molecular weight is 897 g/mol. The molecule has 2 saturated heterocycles. The molecule has 0 aromatic carbocycles. The minimum Gasteiger partial charge on any atom is -0.779 e. The fraction of sp³-hybridized carbons (Fsp3) is 0.524. The molecule has 0 radical (unpaired) electrons. The predicted molar refractivity (Wildman–Crippen MR) is 180 cm³/mol. The van der Waals surface area contributed by atoms with Gasteiger partial charge in [0.15, 0.2) is 55.4 Å². The van der Waals surface area contributed by atoms with Gasteiger partial charge in [0.2, 0.25) is 6.80 Å². The van der Waals surface area contributed by atoms with Gasteiger partial charge in [-0.2, -0.15) is 0 Å². The summed E-state index contributed by atoms with van der Waals surface area (Å²) >= 11 is 14.7. The van der Waals surface area contributed by atoms with Crippen molar-refractivity contribution in [3.8, 4) is 0 Å². The van der Waals surface area contributed by atoms with Crippen LogP contribution in [0, 0.1) is 0 Å². The number of fused-ring (bicyclic) bond motifs is 2. The topological polar surface area (TPSA) is 396 Å². The first-order valence-corrected chi connectivity index (χ1v) is 23.4. The van der Waals surface area contributed by atoms with E-state index in [0.29, 0.717) is 0 Å². The highest BCUT2D eigenvalue weighted by Crippen LogP contribution is 2.72. The molecule has 0 aliphatic carbocycles. The van der Waals surface area contributed by atoms with Crippen LogP contribution in [0.2, 0.25) is 0 Å². The summed E-state index contributed by atoms with van der Waals surface area (Å²) in [4.78, 5) is 58.6. The fourth-order valence-corrected chi connectivity index (χ4v) is 13.9. The number of anilines is 2. The van der Waals surface area contributed by atoms with E-state index in [-0.39, 0.29) is 34.0 Å². The lowest BCUT2D eigenvalue weighted by atomic mass is 10.1. The number of nitrogens with zero attached hydrogens (tertiary/aromatic N) is 8. The first-order chi connectivity index (χ1) is 25.1. The standard InChI is InChI=1S/C21H29ClN10O16P4S2/c22-21(49(37,38)47-51(41,53)43-1-7-11(33)13(35)19(45-7)31-5-29-9-15(23)25-3-27-17(9)31)50(39,40)48-52(42,54)44-2-8-12(34)14(36)20(46-8)32-6-30-10-16(24)26-4-28-18(10)32/h3-8,11-14,19-21,33-36H,1-2H2,(H,37,38)(H,39,40)(H,41,53)(H,42,54)(H2,23,25,27)(H2,24,26,28)/p-4/t7-,8-,11-,12-,13-,14-,19-,20-,21?,51?,52?/m1/s1. The monoisotopic (exact) mass is 896 g/mol. The van der Waals surface area contributed by atoms with Crippen LogP contribution in [0.3, 0.4) is 0 Å². The molecule has 298 valence electrons. The number of hydrogen-bond donors (Lipinski definition) is 6. The molecule has 0 saturated carbocycles. The summed E-state index contributed by atoms with van der Waals surface area (Å²) in [5.41, 5.74) is 12.0. The van der Waals surface area contributed by atoms with Gasteiger partial charge in [-0.1, -0.05) is 11.8 Å². The zero-order chi connectivity index (χ0) is 39.5. The highest BCUT2D eigenvalue weighted by molar-refractivity contribution is 8.33. The van der Waals surface area contributed by atoms with Crippen LogP contribution in [0.4, 0.5) is 11.6 Å². The summed E-state index contributed by atoms with van der Waals surface area (Å²) in [6.07, 6.45) is -8.05. The van der Waals surface area contributed by atoms with Crippen molar-refractivity contribution in [1.82, 2.24) is 39.0 Å². The van der Waals surface area contributed by atoms with Crippen LogP contribution >= 0.6 is 40.3 Å². The minimum absolute atomic E-state index is 0.00313. The Kier molecular flexibility index (Phi) is 12.0. The van der Waals surface area contributed by atoms with Crippen LogP contribution < -0.4 is 26.1 Å². The number of alkyl halides is 1. The Labute approximate surface area is 316 Å². The van der Waals surface area contributed by atoms with Crippen molar-refractivity contribution in [2.24, 2.45) is 0 Å². The Bertz CT molecular complexity index is 2090. The van der Waals surface area contributed by atoms with Crippen LogP contribution in [0.25, 0.3) is 22.3 Å². The number of halogens is 1. The molecule has 6 heterocycles. The number of aromatic nitrogens is 8. The molecule has 4 aromatic rings. The van der Waals surface area contributed by atoms with Crippen LogP contribution in [0.5, 0.6) is 0 Å². The van der Waals surface area contributed by atoms with Gasteiger partial charge in [0, 0.05) is 0 Å². The maximum Gasteiger partial charge on any atom is 0.204 e. The summed E-state index contributed by atoms with van der Waals surface area (Å²) in [6, 6.07) is 0. The summed E-state index contributed by atoms with van der Waals surface area (Å²) < 4.78 is 70.0. The van der Waals surface area contributed by atoms with Gasteiger partial charge in [0.05, 0.1) is 25.9 Å². The summed E-state index contributed by atoms with van der Waals surface area (Å²) in [7, 11) is -12.2. The second kappa shape index (κ2) is 15.5. The number of aliphatic hydroxyl groups is 4. The third-order valence-corrected chi connectivity index (χ3v) is 18.1. The zero-order valence-corrected chi connectivity index (χ0v) is 32.3. The van der Waals surface area contributed by atoms with Gasteiger partial charge < -0.3 is 86.5 Å². The molecule has 13 atom stereocenters. The molecule has 5 unspecified atom stereocenters. The van der Waals surface area contributed by atoms with Crippen molar-refractivity contribution in [3.05, 3.63) is 25.3 Å². The van der Waals surface area contributed by atoms with E-state index in [1.54, 1.807) is 0 Å². The SMILES string of the molecule is Nc1ncnc2c1ncn2[C@@H]1O[C@H](COP(=O)([S-])OP(=O)([O-])C(Cl)P(=O)([O-])OP([O-])(=S)OC[C@H]2O[C@@H](n3cnc4c(N)ncnc43)[C@H](O)[C@@H]2O)[C@@H](O)[C@H]1O. The lowest BCUT2D eigenvalue weighted by Gasteiger charge is -2.42. The highest BCUT2D eigenvalue weighted by Gasteiger charge is 2.47. The van der Waals surface area contributed by atoms with Gasteiger partial charge in [0.25, 0.3) is 0 Å². The van der Waals surface area contributed by atoms with Crippen LogP contribution in [-0.4, -0.2) is 114 Å². The molecule has 2 aliphatic heterocycles. The van der Waals surface area contributed by atoms with E-state index in [2.05, 4.69) is 62.6 Å². The first kappa shape index (κ1) is 41.8. The lowest BCUT2D eigenvalue weighted by Crippen LogP contribution is -2.34. The molecule has 26 nitrogen and oxygen atoms in total. The second-order valence-electron chi connectivity index (χ2n) is 11.3. The molecule has 0 bridgehead atoms. The molecular weight excluding hydrogens is 872 g/mol. The Balaban J connectivity index is 1.04. The largest absolute Gasteiger partial charge is 0.779 e. The second-order valence-corrected chi connectivity index (χ2v) is 22.2. The number of nitrogens with two attached hydrogens (primary N) is 2. The minimum atomic E-state index is -6.12. The van der Waals surface area contributed by atoms with Crippen molar-refractivity contribution in [3.63, 3.8) is 0 Å². The van der Waals surface area contributed by atoms with E-state index in [0.717, 1.165) is 12.7 Å². The third kappa shape index (κ3) is 8.40. The number of rotatable bonds is 14. The summed E-state index contributed by atoms with van der Waals surface area (Å²) in [5.74, 6) is 0.00626. The molecule has 33 heteroatoms. The Morgan fingerprint density at radius 2 is 1.20 bits per heavy atom. The molecule has 0 spiro atoms. The van der Waals surface area contributed by atoms with Crippen molar-refractivity contribution in [1.29, 1.82) is 0 Å². The summed E-state index contributed by atoms with van der Waals surface area (Å²) in [6.45, 7) is -12.4. The lowest BCUT2D eigenvalue weighted by molar-refractivity contribution is -0.221. The maximum atomic E-state index is 12.8. The van der Waals surface area contributed by atoms with Gasteiger partial charge in [0.1, 0.15) is 67.0 Å². The highest BCUT2D eigenvalue weighted by atomic mass is 35.5. The number of nitrogen functional groups attached to an aromatic ring is 2. The van der Waals surface area contributed by atoms with Crippen molar-refractivity contribution in [2.75, 3.05) is 24.7 Å². The van der Waals surface area contributed by atoms with Crippen molar-refractivity contribution >= 4 is 98.3 Å². The molecule has 2 fully saturated rings. The number of ether oxygens (including phenoxy) is 2. The smallest absolute Gasteiger partial charge is 0.204 e. The van der Waals surface area contributed by atoms with E-state index >= 15 is 0 Å². The van der Waals surface area contributed by atoms with Crippen molar-refractivity contribution < 1.29 is 75.9 Å². The molecule has 0 amide bonds. The van der Waals surface area contributed by atoms with Gasteiger partial charge in [-0.15, -0.1) is 11.6 Å². The van der Waals surface area contributed by atoms with E-state index in [1.165, 1.54) is 21.8 Å². The Hall–Kier alpha value is -1.84. The van der Waals surface area contributed by atoms with Crippen LogP contribution in [0.15, 0.2) is 25.3 Å². The van der Waals surface area contributed by atoms with Gasteiger partial charge in [-0.05, 0) is 0 Å². The Morgan fingerprint density at radius 1 is 0.778 bits per heavy atom. The molecule has 6 rings (SSSR count). The van der Waals surface area contributed by atoms with Crippen LogP contribution in [0.1, 0.15) is 12.5 Å². The van der Waals surface area contributed by atoms with E-state index in [4.69, 9.17) is 41.6 Å². The predicted octanol–water partition coefficient (Wildman–Crippen LogP) is -3.00. The summed E-state index contributed by atoms with van der Waals surface area (Å²) in [5, 5.41) is 42.1. The van der Waals surface area contributed by atoms with E-state index in [1.807, 2.05) is 0 Å². The fourth-order valence-electron chi connectivity index (χ4n) is 5.21. The van der Waals surface area contributed by atoms with E-state index < -0.39 is 95.9 Å². The average Bonchev–Trinajstić information content (AvgIpc) is 3.84. The molecule has 8 N–H and O–H groups in total.